The van der Waals surface area contributed by atoms with Crippen molar-refractivity contribution in [2.45, 2.75) is 26.3 Å². The normalized spacial score (nSPS) is 19.3. The lowest BCUT2D eigenvalue weighted by Crippen LogP contribution is -2.49. The van der Waals surface area contributed by atoms with Gasteiger partial charge in [-0.2, -0.15) is 10.4 Å². The molecule has 0 spiro atoms. The monoisotopic (exact) mass is 513 g/mol. The molecule has 10 heteroatoms. The number of anilines is 2. The zero-order chi connectivity index (χ0) is 26.6. The van der Waals surface area contributed by atoms with Gasteiger partial charge in [0.15, 0.2) is 0 Å². The van der Waals surface area contributed by atoms with Gasteiger partial charge in [0.05, 0.1) is 23.5 Å². The third-order valence-corrected chi connectivity index (χ3v) is 7.30. The van der Waals surface area contributed by atoms with Crippen LogP contribution in [0.5, 0.6) is 5.75 Å². The number of amides is 1. The minimum Gasteiger partial charge on any atom is -0.491 e. The molecule has 1 amide bonds. The van der Waals surface area contributed by atoms with Gasteiger partial charge in [-0.1, -0.05) is 13.0 Å². The zero-order valence-electron chi connectivity index (χ0n) is 21.6. The Bertz CT molecular complexity index is 1390. The number of pyridine rings is 1. The lowest BCUT2D eigenvalue weighted by Gasteiger charge is -2.35. The molecule has 0 radical (unpaired) electrons. The Morgan fingerprint density at radius 2 is 2.00 bits per heavy atom. The van der Waals surface area contributed by atoms with E-state index < -0.39 is 0 Å². The number of carbonyl (C=O) groups excluding carboxylic acids is 1. The predicted octanol–water partition coefficient (Wildman–Crippen LogP) is 2.60. The van der Waals surface area contributed by atoms with E-state index in [2.05, 4.69) is 38.0 Å². The van der Waals surface area contributed by atoms with Crippen LogP contribution in [-0.4, -0.2) is 71.4 Å². The molecule has 0 saturated carbocycles. The molecule has 2 aliphatic heterocycles. The van der Waals surface area contributed by atoms with Gasteiger partial charge in [0.25, 0.3) is 11.5 Å². The minimum atomic E-state index is -0.179. The molecular formula is C28H31N7O3. The molecule has 0 aliphatic carbocycles. The van der Waals surface area contributed by atoms with Crippen LogP contribution >= 0.6 is 0 Å². The number of rotatable bonds is 6. The number of nitrogens with one attached hydrogen (secondary N) is 1. The molecule has 1 aromatic carbocycles. The van der Waals surface area contributed by atoms with Gasteiger partial charge in [0, 0.05) is 50.0 Å². The number of aromatic amines is 1. The first-order chi connectivity index (χ1) is 18.4. The smallest absolute Gasteiger partial charge is 0.269 e. The number of ether oxygens (including phenoxy) is 1. The quantitative estimate of drug-likeness (QED) is 0.534. The van der Waals surface area contributed by atoms with Crippen molar-refractivity contribution in [3.8, 4) is 11.8 Å². The van der Waals surface area contributed by atoms with E-state index in [1.165, 1.54) is 0 Å². The largest absolute Gasteiger partial charge is 0.491 e. The van der Waals surface area contributed by atoms with Gasteiger partial charge in [0.2, 0.25) is 0 Å². The summed E-state index contributed by atoms with van der Waals surface area (Å²) >= 11 is 0. The number of carbonyl (C=O) groups is 1. The van der Waals surface area contributed by atoms with E-state index in [0.717, 1.165) is 24.5 Å². The summed E-state index contributed by atoms with van der Waals surface area (Å²) < 4.78 is 6.17. The number of H-pyrrole nitrogens is 1. The second-order valence-electron chi connectivity index (χ2n) is 9.99. The average molecular weight is 514 g/mol. The van der Waals surface area contributed by atoms with Crippen molar-refractivity contribution in [1.82, 2.24) is 20.1 Å². The summed E-state index contributed by atoms with van der Waals surface area (Å²) in [5.74, 6) is 1.90. The van der Waals surface area contributed by atoms with Crippen LogP contribution < -0.4 is 20.1 Å². The highest BCUT2D eigenvalue weighted by molar-refractivity contribution is 5.94. The van der Waals surface area contributed by atoms with Gasteiger partial charge in [-0.3, -0.25) is 9.59 Å². The van der Waals surface area contributed by atoms with Crippen LogP contribution in [0, 0.1) is 24.2 Å². The van der Waals surface area contributed by atoms with Crippen LogP contribution in [-0.2, 0) is 0 Å². The highest BCUT2D eigenvalue weighted by Crippen LogP contribution is 2.30. The number of nitrogens with zero attached hydrogens (tertiary/aromatic N) is 6. The van der Waals surface area contributed by atoms with E-state index in [0.29, 0.717) is 61.1 Å². The summed E-state index contributed by atoms with van der Waals surface area (Å²) in [6, 6.07) is 13.1. The van der Waals surface area contributed by atoms with E-state index in [1.54, 1.807) is 24.5 Å². The Balaban J connectivity index is 1.20. The lowest BCUT2D eigenvalue weighted by molar-refractivity contribution is 0.0746. The fourth-order valence-electron chi connectivity index (χ4n) is 5.21. The Morgan fingerprint density at radius 3 is 2.74 bits per heavy atom. The first-order valence-corrected chi connectivity index (χ1v) is 12.9. The molecule has 0 bridgehead atoms. The van der Waals surface area contributed by atoms with Crippen LogP contribution in [0.25, 0.3) is 0 Å². The van der Waals surface area contributed by atoms with Crippen LogP contribution in [0.15, 0.2) is 53.6 Å². The molecule has 38 heavy (non-hydrogen) atoms. The minimum absolute atomic E-state index is 0.0239. The summed E-state index contributed by atoms with van der Waals surface area (Å²) in [5, 5.41) is 15.4. The Labute approximate surface area is 221 Å². The number of piperazine rings is 1. The van der Waals surface area contributed by atoms with Crippen molar-refractivity contribution in [1.29, 1.82) is 5.26 Å². The maximum atomic E-state index is 13.2. The summed E-state index contributed by atoms with van der Waals surface area (Å²) in [4.78, 5) is 35.9. The summed E-state index contributed by atoms with van der Waals surface area (Å²) in [7, 11) is 0. The number of hydrogen-bond donors (Lipinski definition) is 1. The molecule has 2 atom stereocenters. The standard InChI is InChI=1S/C28H31N7O3/c1-19-12-23(35(17-19)25-16-31-32-27(36)20(25)2)18-38-24-5-3-4-22(13-24)28(37)34-10-8-33(9-11-34)26-7-6-21(14-29)15-30-26/h3-7,13,15-16,19,23H,8-12,17-18H2,1-2H3,(H,32,36)/t19-,23+/m1/s1. The molecule has 2 aromatic heterocycles. The Morgan fingerprint density at radius 1 is 1.18 bits per heavy atom. The second-order valence-corrected chi connectivity index (χ2v) is 9.99. The van der Waals surface area contributed by atoms with Crippen molar-refractivity contribution >= 4 is 17.4 Å². The van der Waals surface area contributed by atoms with Gasteiger partial charge in [0.1, 0.15) is 24.2 Å². The molecule has 196 valence electrons. The molecule has 5 rings (SSSR count). The van der Waals surface area contributed by atoms with E-state index in [-0.39, 0.29) is 17.5 Å². The SMILES string of the molecule is Cc1c(N2C[C@H](C)C[C@H]2COc2cccc(C(=O)N3CCN(c4ccc(C#N)cn4)CC3)c2)cn[nH]c1=O. The molecule has 0 unspecified atom stereocenters. The molecule has 2 fully saturated rings. The van der Waals surface area contributed by atoms with E-state index in [1.807, 2.05) is 36.1 Å². The fourth-order valence-corrected chi connectivity index (χ4v) is 5.21. The third-order valence-electron chi connectivity index (χ3n) is 7.30. The molecule has 1 N–H and O–H groups in total. The highest BCUT2D eigenvalue weighted by atomic mass is 16.5. The maximum absolute atomic E-state index is 13.2. The van der Waals surface area contributed by atoms with Crippen molar-refractivity contribution in [3.05, 3.63) is 75.8 Å². The van der Waals surface area contributed by atoms with Gasteiger partial charge in [-0.15, -0.1) is 0 Å². The van der Waals surface area contributed by atoms with Crippen LogP contribution in [0.3, 0.4) is 0 Å². The molecule has 4 heterocycles. The van der Waals surface area contributed by atoms with E-state index in [4.69, 9.17) is 10.00 Å². The van der Waals surface area contributed by atoms with E-state index in [9.17, 15) is 9.59 Å². The van der Waals surface area contributed by atoms with Crippen molar-refractivity contribution in [3.63, 3.8) is 0 Å². The first-order valence-electron chi connectivity index (χ1n) is 12.9. The summed E-state index contributed by atoms with van der Waals surface area (Å²) in [6.07, 6.45) is 4.23. The van der Waals surface area contributed by atoms with Gasteiger partial charge >= 0.3 is 0 Å². The fraction of sp³-hybridized carbons (Fsp3) is 0.393. The Kier molecular flexibility index (Phi) is 7.26. The molecule has 10 nitrogen and oxygen atoms in total. The van der Waals surface area contributed by atoms with Crippen LogP contribution in [0.2, 0.25) is 0 Å². The zero-order valence-corrected chi connectivity index (χ0v) is 21.6. The topological polar surface area (TPSA) is 118 Å². The summed E-state index contributed by atoms with van der Waals surface area (Å²) in [6.45, 7) is 7.81. The number of nitriles is 1. The number of aromatic nitrogens is 3. The van der Waals surface area contributed by atoms with Crippen molar-refractivity contribution in [2.75, 3.05) is 49.1 Å². The molecule has 2 aliphatic rings. The lowest BCUT2D eigenvalue weighted by atomic mass is 10.1. The molecular weight excluding hydrogens is 482 g/mol. The van der Waals surface area contributed by atoms with Crippen molar-refractivity contribution < 1.29 is 9.53 Å². The van der Waals surface area contributed by atoms with Gasteiger partial charge in [-0.05, 0) is 49.6 Å². The van der Waals surface area contributed by atoms with Crippen LogP contribution in [0.1, 0.15) is 34.8 Å². The predicted molar refractivity (Wildman–Crippen MR) is 144 cm³/mol. The third kappa shape index (κ3) is 5.32. The maximum Gasteiger partial charge on any atom is 0.269 e. The van der Waals surface area contributed by atoms with E-state index >= 15 is 0 Å². The van der Waals surface area contributed by atoms with Crippen LogP contribution in [0.4, 0.5) is 11.5 Å². The molecule has 2 saturated heterocycles. The Hall–Kier alpha value is -4.39. The highest BCUT2D eigenvalue weighted by Gasteiger charge is 2.32. The first kappa shape index (κ1) is 25.3. The number of benzene rings is 1. The van der Waals surface area contributed by atoms with Gasteiger partial charge < -0.3 is 19.4 Å². The molecule has 3 aromatic rings. The second kappa shape index (κ2) is 10.9. The van der Waals surface area contributed by atoms with Gasteiger partial charge in [-0.25, -0.2) is 10.1 Å². The number of hydrogen-bond acceptors (Lipinski definition) is 8. The summed E-state index contributed by atoms with van der Waals surface area (Å²) in [5.41, 5.74) is 2.44. The van der Waals surface area contributed by atoms with Crippen molar-refractivity contribution in [2.24, 2.45) is 5.92 Å². The average Bonchev–Trinajstić information content (AvgIpc) is 3.33.